The maximum absolute atomic E-state index is 13.2. The highest BCUT2D eigenvalue weighted by molar-refractivity contribution is 5.99. The summed E-state index contributed by atoms with van der Waals surface area (Å²) in [6.45, 7) is 3.05. The van der Waals surface area contributed by atoms with Crippen LogP contribution in [0.2, 0.25) is 0 Å². The first-order valence-electron chi connectivity index (χ1n) is 10.4. The number of nitrogens with one attached hydrogen (secondary N) is 1. The molecule has 5 rings (SSSR count). The van der Waals surface area contributed by atoms with Crippen LogP contribution in [-0.4, -0.2) is 40.5 Å². The summed E-state index contributed by atoms with van der Waals surface area (Å²) in [5.41, 5.74) is 3.08. The third-order valence-electron chi connectivity index (χ3n) is 6.38. The Kier molecular flexibility index (Phi) is 4.65. The molecule has 1 amide bonds. The number of nitrogens with zero attached hydrogens (tertiary/aromatic N) is 2. The van der Waals surface area contributed by atoms with E-state index in [9.17, 15) is 4.79 Å². The van der Waals surface area contributed by atoms with E-state index in [1.165, 1.54) is 24.9 Å². The zero-order chi connectivity index (χ0) is 18.9. The quantitative estimate of drug-likeness (QED) is 0.749. The number of amides is 1. The minimum atomic E-state index is 0.0589. The van der Waals surface area contributed by atoms with Crippen LogP contribution in [0.3, 0.4) is 0 Å². The van der Waals surface area contributed by atoms with Gasteiger partial charge in [-0.25, -0.2) is 0 Å². The Hall–Kier alpha value is -2.59. The molecule has 0 unspecified atom stereocenters. The topological polar surface area (TPSA) is 37.3 Å². The van der Waals surface area contributed by atoms with Gasteiger partial charge < -0.3 is 14.8 Å². The van der Waals surface area contributed by atoms with Crippen molar-refractivity contribution in [3.63, 3.8) is 0 Å². The monoisotopic (exact) mass is 373 g/mol. The van der Waals surface area contributed by atoms with Crippen molar-refractivity contribution in [2.75, 3.05) is 13.1 Å². The highest BCUT2D eigenvalue weighted by Crippen LogP contribution is 2.27. The van der Waals surface area contributed by atoms with Crippen LogP contribution in [0.4, 0.5) is 0 Å². The van der Waals surface area contributed by atoms with Crippen molar-refractivity contribution in [2.24, 2.45) is 0 Å². The van der Waals surface area contributed by atoms with Gasteiger partial charge in [0.15, 0.2) is 0 Å². The van der Waals surface area contributed by atoms with Crippen molar-refractivity contribution in [3.8, 4) is 0 Å². The Labute approximate surface area is 166 Å². The van der Waals surface area contributed by atoms with Crippen LogP contribution in [0.15, 0.2) is 60.7 Å². The highest BCUT2D eigenvalue weighted by Gasteiger charge is 2.32. The lowest BCUT2D eigenvalue weighted by atomic mass is 9.97. The van der Waals surface area contributed by atoms with Gasteiger partial charge in [0.05, 0.1) is 0 Å². The molecule has 0 aliphatic carbocycles. The number of carbonyl (C=O) groups excluding carboxylic acids is 1. The molecule has 4 heteroatoms. The lowest BCUT2D eigenvalue weighted by Gasteiger charge is -2.35. The van der Waals surface area contributed by atoms with E-state index in [1.54, 1.807) is 0 Å². The van der Waals surface area contributed by atoms with E-state index in [2.05, 4.69) is 51.2 Å². The summed E-state index contributed by atoms with van der Waals surface area (Å²) in [4.78, 5) is 15.8. The zero-order valence-corrected chi connectivity index (χ0v) is 16.2. The van der Waals surface area contributed by atoms with Gasteiger partial charge in [-0.15, -0.1) is 0 Å². The molecule has 2 aliphatic rings. The second-order valence-electron chi connectivity index (χ2n) is 8.19. The summed E-state index contributed by atoms with van der Waals surface area (Å²) in [6, 6.07) is 21.6. The fraction of sp³-hybridized carbons (Fsp3) is 0.375. The Morgan fingerprint density at radius 2 is 1.82 bits per heavy atom. The highest BCUT2D eigenvalue weighted by atomic mass is 16.2. The summed E-state index contributed by atoms with van der Waals surface area (Å²) >= 11 is 0. The lowest BCUT2D eigenvalue weighted by molar-refractivity contribution is 0.0888. The largest absolute Gasteiger partial charge is 0.348 e. The third-order valence-corrected chi connectivity index (χ3v) is 6.38. The average Bonchev–Trinajstić information content (AvgIpc) is 3.33. The predicted octanol–water partition coefficient (Wildman–Crippen LogP) is 4.05. The number of benzene rings is 2. The smallest absolute Gasteiger partial charge is 0.268 e. The first-order valence-corrected chi connectivity index (χ1v) is 10.4. The van der Waals surface area contributed by atoms with Crippen molar-refractivity contribution in [2.45, 2.75) is 44.3 Å². The molecule has 0 spiro atoms. The Balaban J connectivity index is 1.41. The second-order valence-corrected chi connectivity index (χ2v) is 8.19. The molecule has 0 saturated carbocycles. The molecule has 3 heterocycles. The van der Waals surface area contributed by atoms with E-state index >= 15 is 0 Å². The summed E-state index contributed by atoms with van der Waals surface area (Å²) in [5, 5.41) is 4.47. The first kappa shape index (κ1) is 17.5. The van der Waals surface area contributed by atoms with Crippen LogP contribution in [-0.2, 0) is 6.54 Å². The molecule has 2 fully saturated rings. The molecular weight excluding hydrogens is 346 g/mol. The van der Waals surface area contributed by atoms with Gasteiger partial charge in [-0.2, -0.15) is 0 Å². The first-order chi connectivity index (χ1) is 13.8. The SMILES string of the molecule is O=C(N[C@@H]1CCN2CCC[C@H]2C1)c1cc2ccccc2n1Cc1ccccc1. The molecular formula is C24H27N3O. The maximum atomic E-state index is 13.2. The van der Waals surface area contributed by atoms with Gasteiger partial charge >= 0.3 is 0 Å². The van der Waals surface area contributed by atoms with Gasteiger partial charge in [-0.3, -0.25) is 4.79 Å². The molecule has 2 aromatic carbocycles. The molecule has 2 saturated heterocycles. The molecule has 1 aromatic heterocycles. The third kappa shape index (κ3) is 3.33. The number of hydrogen-bond acceptors (Lipinski definition) is 2. The average molecular weight is 374 g/mol. The molecule has 3 aromatic rings. The van der Waals surface area contributed by atoms with Gasteiger partial charge in [-0.1, -0.05) is 48.5 Å². The zero-order valence-electron chi connectivity index (χ0n) is 16.2. The number of rotatable bonds is 4. The van der Waals surface area contributed by atoms with Crippen molar-refractivity contribution in [3.05, 3.63) is 71.9 Å². The normalized spacial score (nSPS) is 22.3. The van der Waals surface area contributed by atoms with Gasteiger partial charge in [0.1, 0.15) is 5.69 Å². The summed E-state index contributed by atoms with van der Waals surface area (Å²) in [7, 11) is 0. The van der Waals surface area contributed by atoms with E-state index in [0.717, 1.165) is 36.0 Å². The molecule has 0 bridgehead atoms. The number of aromatic nitrogens is 1. The van der Waals surface area contributed by atoms with E-state index in [-0.39, 0.29) is 11.9 Å². The molecule has 2 atom stereocenters. The van der Waals surface area contributed by atoms with Crippen LogP contribution in [0, 0.1) is 0 Å². The number of carbonyl (C=O) groups is 1. The predicted molar refractivity (Wildman–Crippen MR) is 113 cm³/mol. The standard InChI is InChI=1S/C24H27N3O/c28-24(25-20-12-14-26-13-6-10-21(26)16-20)23-15-19-9-4-5-11-22(19)27(23)17-18-7-2-1-3-8-18/h1-5,7-9,11,15,20-21H,6,10,12-14,16-17H2,(H,25,28)/t20-,21+/m1/s1. The number of piperidine rings is 1. The van der Waals surface area contributed by atoms with E-state index in [0.29, 0.717) is 12.6 Å². The molecule has 0 radical (unpaired) electrons. The minimum absolute atomic E-state index is 0.0589. The second kappa shape index (κ2) is 7.44. The van der Waals surface area contributed by atoms with Crippen molar-refractivity contribution in [1.29, 1.82) is 0 Å². The van der Waals surface area contributed by atoms with Crippen LogP contribution in [0.5, 0.6) is 0 Å². The number of para-hydroxylation sites is 1. The molecule has 2 aliphatic heterocycles. The Morgan fingerprint density at radius 1 is 1.00 bits per heavy atom. The Morgan fingerprint density at radius 3 is 2.71 bits per heavy atom. The van der Waals surface area contributed by atoms with Gasteiger partial charge in [0, 0.05) is 36.1 Å². The van der Waals surface area contributed by atoms with Crippen LogP contribution in [0.25, 0.3) is 10.9 Å². The van der Waals surface area contributed by atoms with Crippen LogP contribution < -0.4 is 5.32 Å². The van der Waals surface area contributed by atoms with Crippen molar-refractivity contribution >= 4 is 16.8 Å². The summed E-state index contributed by atoms with van der Waals surface area (Å²) in [5.74, 6) is 0.0589. The van der Waals surface area contributed by atoms with E-state index in [4.69, 9.17) is 0 Å². The van der Waals surface area contributed by atoms with Gasteiger partial charge in [-0.05, 0) is 49.9 Å². The van der Waals surface area contributed by atoms with Crippen LogP contribution in [0.1, 0.15) is 41.7 Å². The number of fused-ring (bicyclic) bond motifs is 2. The summed E-state index contributed by atoms with van der Waals surface area (Å²) < 4.78 is 2.16. The lowest BCUT2D eigenvalue weighted by Crippen LogP contribution is -2.47. The number of hydrogen-bond donors (Lipinski definition) is 1. The Bertz CT molecular complexity index is 978. The summed E-state index contributed by atoms with van der Waals surface area (Å²) in [6.07, 6.45) is 4.73. The maximum Gasteiger partial charge on any atom is 0.268 e. The molecule has 4 nitrogen and oxygen atoms in total. The fourth-order valence-corrected chi connectivity index (χ4v) is 4.95. The van der Waals surface area contributed by atoms with Crippen molar-refractivity contribution in [1.82, 2.24) is 14.8 Å². The van der Waals surface area contributed by atoms with Gasteiger partial charge in [0.2, 0.25) is 0 Å². The van der Waals surface area contributed by atoms with Gasteiger partial charge in [0.25, 0.3) is 5.91 Å². The van der Waals surface area contributed by atoms with E-state index < -0.39 is 0 Å². The molecule has 144 valence electrons. The molecule has 28 heavy (non-hydrogen) atoms. The van der Waals surface area contributed by atoms with E-state index in [1.807, 2.05) is 24.3 Å². The molecule has 1 N–H and O–H groups in total. The fourth-order valence-electron chi connectivity index (χ4n) is 4.95. The van der Waals surface area contributed by atoms with Crippen molar-refractivity contribution < 1.29 is 4.79 Å². The van der Waals surface area contributed by atoms with Crippen LogP contribution >= 0.6 is 0 Å². The minimum Gasteiger partial charge on any atom is -0.348 e.